The lowest BCUT2D eigenvalue weighted by Gasteiger charge is -1.89. The largest absolute Gasteiger partial charge is 0.371 e. The molecule has 0 aliphatic heterocycles. The highest BCUT2D eigenvalue weighted by Crippen LogP contribution is 1.91. The Kier molecular flexibility index (Phi) is 3.66. The predicted molar refractivity (Wildman–Crippen MR) is 34.1 cm³/mol. The van der Waals surface area contributed by atoms with E-state index in [1.54, 1.807) is 18.5 Å². The van der Waals surface area contributed by atoms with E-state index < -0.39 is 0 Å². The van der Waals surface area contributed by atoms with Crippen molar-refractivity contribution >= 4 is 12.4 Å². The number of halogens is 1. The minimum atomic E-state index is 0. The van der Waals surface area contributed by atoms with Crippen LogP contribution in [-0.2, 0) is 0 Å². The molecule has 0 aliphatic rings. The van der Waals surface area contributed by atoms with Gasteiger partial charge in [0.05, 0.1) is 0 Å². The average Bonchev–Trinajstić information content (AvgIpc) is 1.90. The molecule has 9 heavy (non-hydrogen) atoms. The summed E-state index contributed by atoms with van der Waals surface area (Å²) in [5.74, 6) is 4.72. The Hall–Kier alpha value is -0.870. The molecule has 0 radical (unpaired) electrons. The quantitative estimate of drug-likeness (QED) is 0.575. The molecule has 0 bridgehead atoms. The zero-order chi connectivity index (χ0) is 5.82. The number of rotatable bonds is 1. The first-order chi connectivity index (χ1) is 3.93. The molecular formula is C4H6ClN3O. The first-order valence-electron chi connectivity index (χ1n) is 2.07. The first kappa shape index (κ1) is 8.13. The van der Waals surface area contributed by atoms with Gasteiger partial charge in [0, 0.05) is 12.4 Å². The molecule has 1 aromatic heterocycles. The monoisotopic (exact) mass is 147 g/mol. The van der Waals surface area contributed by atoms with Crippen LogP contribution >= 0.6 is 12.4 Å². The second-order valence-corrected chi connectivity index (χ2v) is 1.15. The molecule has 1 aromatic rings. The molecule has 2 N–H and O–H groups in total. The van der Waals surface area contributed by atoms with Crippen LogP contribution < -0.4 is 10.7 Å². The second kappa shape index (κ2) is 4.05. The van der Waals surface area contributed by atoms with Crippen molar-refractivity contribution in [2.75, 3.05) is 0 Å². The third-order valence-corrected chi connectivity index (χ3v) is 0.647. The van der Waals surface area contributed by atoms with Crippen LogP contribution in [0.2, 0.25) is 0 Å². The zero-order valence-electron chi connectivity index (χ0n) is 4.52. The molecule has 50 valence electrons. The van der Waals surface area contributed by atoms with E-state index in [0.717, 1.165) is 0 Å². The summed E-state index contributed by atoms with van der Waals surface area (Å²) in [6.07, 6.45) is 3.10. The van der Waals surface area contributed by atoms with Gasteiger partial charge in [0.25, 0.3) is 0 Å². The predicted octanol–water partition coefficient (Wildman–Crippen LogP) is 0.151. The van der Waals surface area contributed by atoms with Crippen LogP contribution in [0.1, 0.15) is 0 Å². The summed E-state index contributed by atoms with van der Waals surface area (Å²) >= 11 is 0. The van der Waals surface area contributed by atoms with E-state index in [1.165, 1.54) is 0 Å². The van der Waals surface area contributed by atoms with Crippen molar-refractivity contribution in [1.82, 2.24) is 9.97 Å². The van der Waals surface area contributed by atoms with Gasteiger partial charge in [-0.1, -0.05) is 0 Å². The van der Waals surface area contributed by atoms with Crippen molar-refractivity contribution in [3.63, 3.8) is 0 Å². The molecule has 0 fully saturated rings. The molecule has 0 aromatic carbocycles. The number of nitrogens with two attached hydrogens (primary N) is 1. The maximum Gasteiger partial charge on any atom is 0.335 e. The Bertz CT molecular complexity index is 157. The minimum absolute atomic E-state index is 0. The van der Waals surface area contributed by atoms with Crippen molar-refractivity contribution in [1.29, 1.82) is 0 Å². The Balaban J connectivity index is 0.000000640. The number of nitrogens with zero attached hydrogens (tertiary/aromatic N) is 2. The molecule has 1 heterocycles. The van der Waals surface area contributed by atoms with E-state index in [1.807, 2.05) is 0 Å². The first-order valence-corrected chi connectivity index (χ1v) is 2.07. The molecule has 1 rings (SSSR count). The Morgan fingerprint density at radius 1 is 1.33 bits per heavy atom. The van der Waals surface area contributed by atoms with Crippen molar-refractivity contribution in [2.45, 2.75) is 0 Å². The van der Waals surface area contributed by atoms with Crippen molar-refractivity contribution in [3.8, 4) is 6.01 Å². The van der Waals surface area contributed by atoms with Gasteiger partial charge in [0.15, 0.2) is 0 Å². The number of hydrogen-bond acceptors (Lipinski definition) is 4. The standard InChI is InChI=1S/C4H5N3O.ClH/c5-8-4-6-2-1-3-7-4;/h1-3H,5H2;1H. The van der Waals surface area contributed by atoms with Gasteiger partial charge in [0.1, 0.15) is 0 Å². The SMILES string of the molecule is Cl.NOc1ncccn1. The zero-order valence-corrected chi connectivity index (χ0v) is 5.34. The molecule has 0 amide bonds. The third kappa shape index (κ3) is 2.25. The molecule has 0 saturated carbocycles. The molecule has 4 nitrogen and oxygen atoms in total. The van der Waals surface area contributed by atoms with Crippen molar-refractivity contribution in [3.05, 3.63) is 18.5 Å². The lowest BCUT2D eigenvalue weighted by Crippen LogP contribution is -2.04. The molecular weight excluding hydrogens is 142 g/mol. The summed E-state index contributed by atoms with van der Waals surface area (Å²) < 4.78 is 0. The van der Waals surface area contributed by atoms with Crippen LogP contribution in [0.25, 0.3) is 0 Å². The fourth-order valence-electron chi connectivity index (χ4n) is 0.346. The van der Waals surface area contributed by atoms with Gasteiger partial charge < -0.3 is 4.84 Å². The van der Waals surface area contributed by atoms with E-state index in [4.69, 9.17) is 5.90 Å². The smallest absolute Gasteiger partial charge is 0.335 e. The number of hydrogen-bond donors (Lipinski definition) is 1. The molecule has 0 atom stereocenters. The van der Waals surface area contributed by atoms with Gasteiger partial charge in [0.2, 0.25) is 0 Å². The fraction of sp³-hybridized carbons (Fsp3) is 0. The van der Waals surface area contributed by atoms with Gasteiger partial charge in [-0.05, 0) is 6.07 Å². The molecule has 0 unspecified atom stereocenters. The molecule has 5 heteroatoms. The van der Waals surface area contributed by atoms with E-state index >= 15 is 0 Å². The lowest BCUT2D eigenvalue weighted by atomic mass is 10.7. The second-order valence-electron chi connectivity index (χ2n) is 1.15. The van der Waals surface area contributed by atoms with Gasteiger partial charge >= 0.3 is 6.01 Å². The molecule has 0 saturated heterocycles. The van der Waals surface area contributed by atoms with E-state index in [-0.39, 0.29) is 18.4 Å². The maximum absolute atomic E-state index is 4.72. The highest BCUT2D eigenvalue weighted by atomic mass is 35.5. The van der Waals surface area contributed by atoms with Crippen LogP contribution in [0.5, 0.6) is 6.01 Å². The maximum atomic E-state index is 4.72. The molecule has 0 spiro atoms. The van der Waals surface area contributed by atoms with Crippen LogP contribution in [-0.4, -0.2) is 9.97 Å². The van der Waals surface area contributed by atoms with Crippen LogP contribution in [0.3, 0.4) is 0 Å². The van der Waals surface area contributed by atoms with Gasteiger partial charge in [-0.3, -0.25) is 0 Å². The molecule has 0 aliphatic carbocycles. The van der Waals surface area contributed by atoms with Crippen molar-refractivity contribution < 1.29 is 4.84 Å². The summed E-state index contributed by atoms with van der Waals surface area (Å²) in [4.78, 5) is 11.5. The van der Waals surface area contributed by atoms with Crippen molar-refractivity contribution in [2.24, 2.45) is 5.90 Å². The highest BCUT2D eigenvalue weighted by molar-refractivity contribution is 5.85. The lowest BCUT2D eigenvalue weighted by molar-refractivity contribution is 0.306. The minimum Gasteiger partial charge on any atom is -0.371 e. The summed E-state index contributed by atoms with van der Waals surface area (Å²) in [6.45, 7) is 0. The fourth-order valence-corrected chi connectivity index (χ4v) is 0.346. The van der Waals surface area contributed by atoms with Crippen LogP contribution in [0, 0.1) is 0 Å². The summed E-state index contributed by atoms with van der Waals surface area (Å²) in [6, 6.07) is 1.87. The summed E-state index contributed by atoms with van der Waals surface area (Å²) in [5, 5.41) is 0. The average molecular weight is 148 g/mol. The van der Waals surface area contributed by atoms with E-state index in [0.29, 0.717) is 0 Å². The van der Waals surface area contributed by atoms with E-state index in [9.17, 15) is 0 Å². The van der Waals surface area contributed by atoms with Gasteiger partial charge in [-0.15, -0.1) is 12.4 Å². The summed E-state index contributed by atoms with van der Waals surface area (Å²) in [5.41, 5.74) is 0. The van der Waals surface area contributed by atoms with Crippen LogP contribution in [0.4, 0.5) is 0 Å². The summed E-state index contributed by atoms with van der Waals surface area (Å²) in [7, 11) is 0. The number of aromatic nitrogens is 2. The highest BCUT2D eigenvalue weighted by Gasteiger charge is 1.85. The van der Waals surface area contributed by atoms with Gasteiger partial charge in [-0.2, -0.15) is 5.90 Å². The van der Waals surface area contributed by atoms with Crippen LogP contribution in [0.15, 0.2) is 18.5 Å². The Labute approximate surface area is 58.4 Å². The Morgan fingerprint density at radius 3 is 2.22 bits per heavy atom. The van der Waals surface area contributed by atoms with E-state index in [2.05, 4.69) is 14.8 Å². The van der Waals surface area contributed by atoms with Gasteiger partial charge in [-0.25, -0.2) is 9.97 Å². The third-order valence-electron chi connectivity index (χ3n) is 0.647. The normalized spacial score (nSPS) is 7.67. The Morgan fingerprint density at radius 2 is 1.89 bits per heavy atom. The topological polar surface area (TPSA) is 61.0 Å².